The van der Waals surface area contributed by atoms with E-state index in [9.17, 15) is 9.59 Å². The monoisotopic (exact) mass is 639 g/mol. The maximum Gasteiger partial charge on any atom is 0.306 e. The minimum absolute atomic E-state index is 0.0807. The number of likely N-dealkylation sites (N-methyl/N-ethyl adjacent to an activating group) is 1. The molecule has 0 aromatic carbocycles. The van der Waals surface area contributed by atoms with Crippen molar-refractivity contribution in [2.75, 3.05) is 27.2 Å². The number of esters is 2. The largest absolute Gasteiger partial charge is 0.457 e. The van der Waals surface area contributed by atoms with Gasteiger partial charge in [-0.3, -0.25) is 9.59 Å². The van der Waals surface area contributed by atoms with E-state index in [2.05, 4.69) is 27.9 Å². The molecule has 0 spiro atoms. The molecule has 0 heterocycles. The average molecular weight is 639 g/mol. The van der Waals surface area contributed by atoms with Crippen molar-refractivity contribution in [1.29, 1.82) is 0 Å². The Bertz CT molecular complexity index is 611. The summed E-state index contributed by atoms with van der Waals surface area (Å²) in [5.41, 5.74) is 0. The highest BCUT2D eigenvalue weighted by Gasteiger charge is 2.26. The van der Waals surface area contributed by atoms with Gasteiger partial charge in [0.05, 0.1) is 14.1 Å². The van der Waals surface area contributed by atoms with Gasteiger partial charge in [0.2, 0.25) is 0 Å². The Morgan fingerprint density at radius 1 is 0.422 bits per heavy atom. The first-order valence-corrected chi connectivity index (χ1v) is 19.9. The lowest BCUT2D eigenvalue weighted by atomic mass is 10.0. The van der Waals surface area contributed by atoms with Crippen molar-refractivity contribution in [3.05, 3.63) is 0 Å². The van der Waals surface area contributed by atoms with Gasteiger partial charge in [-0.15, -0.1) is 0 Å². The zero-order chi connectivity index (χ0) is 33.4. The molecule has 0 N–H and O–H groups in total. The lowest BCUT2D eigenvalue weighted by Crippen LogP contribution is -2.50. The fourth-order valence-electron chi connectivity index (χ4n) is 6.68. The van der Waals surface area contributed by atoms with Gasteiger partial charge in [0.15, 0.2) is 0 Å². The van der Waals surface area contributed by atoms with Crippen molar-refractivity contribution in [1.82, 2.24) is 0 Å². The molecule has 0 aromatic rings. The van der Waals surface area contributed by atoms with Crippen LogP contribution in [0.15, 0.2) is 0 Å². The van der Waals surface area contributed by atoms with Gasteiger partial charge in [-0.1, -0.05) is 168 Å². The molecule has 0 saturated carbocycles. The average Bonchev–Trinajstić information content (AvgIpc) is 2.97. The molecule has 5 heteroatoms. The highest BCUT2D eigenvalue weighted by atomic mass is 16.5. The predicted octanol–water partition coefficient (Wildman–Crippen LogP) is 11.9. The number of unbranched alkanes of at least 4 members (excludes halogenated alkanes) is 24. The Labute approximate surface area is 281 Å². The second-order valence-electron chi connectivity index (χ2n) is 14.9. The van der Waals surface area contributed by atoms with Crippen LogP contribution in [0.5, 0.6) is 0 Å². The molecule has 0 fully saturated rings. The number of hydrogen-bond donors (Lipinski definition) is 0. The Balaban J connectivity index is 3.76. The molecule has 0 aliphatic carbocycles. The Kier molecular flexibility index (Phi) is 30.7. The van der Waals surface area contributed by atoms with Crippen LogP contribution in [0.4, 0.5) is 0 Å². The SMILES string of the molecule is CCCCCCCCCCCCCCCC(=O)OC(C)C[N+](C)(C)CC(C)OC(=O)CCCCCCCCCCCCCCC. The number of hydrogen-bond acceptors (Lipinski definition) is 4. The summed E-state index contributed by atoms with van der Waals surface area (Å²) in [6.07, 6.45) is 34.6. The molecule has 0 rings (SSSR count). The molecule has 0 saturated heterocycles. The van der Waals surface area contributed by atoms with Crippen LogP contribution in [0.1, 0.15) is 207 Å². The minimum atomic E-state index is -0.150. The van der Waals surface area contributed by atoms with E-state index in [-0.39, 0.29) is 24.1 Å². The fraction of sp³-hybridized carbons (Fsp3) is 0.950. The lowest BCUT2D eigenvalue weighted by Gasteiger charge is -2.34. The van der Waals surface area contributed by atoms with E-state index in [1.165, 1.54) is 141 Å². The summed E-state index contributed by atoms with van der Waals surface area (Å²) in [6, 6.07) is 0. The van der Waals surface area contributed by atoms with Crippen LogP contribution in [0, 0.1) is 0 Å². The van der Waals surface area contributed by atoms with Gasteiger partial charge in [-0.05, 0) is 26.7 Å². The van der Waals surface area contributed by atoms with Gasteiger partial charge >= 0.3 is 11.9 Å². The molecule has 0 radical (unpaired) electrons. The number of ether oxygens (including phenoxy) is 2. The van der Waals surface area contributed by atoms with Crippen molar-refractivity contribution in [3.63, 3.8) is 0 Å². The van der Waals surface area contributed by atoms with Crippen molar-refractivity contribution in [3.8, 4) is 0 Å². The topological polar surface area (TPSA) is 52.6 Å². The van der Waals surface area contributed by atoms with Gasteiger partial charge in [0.25, 0.3) is 0 Å². The highest BCUT2D eigenvalue weighted by Crippen LogP contribution is 2.16. The molecule has 2 atom stereocenters. The van der Waals surface area contributed by atoms with Crippen molar-refractivity contribution in [2.45, 2.75) is 220 Å². The Morgan fingerprint density at radius 2 is 0.644 bits per heavy atom. The van der Waals surface area contributed by atoms with E-state index >= 15 is 0 Å². The van der Waals surface area contributed by atoms with Gasteiger partial charge in [0, 0.05) is 12.8 Å². The highest BCUT2D eigenvalue weighted by molar-refractivity contribution is 5.69. The Morgan fingerprint density at radius 3 is 0.889 bits per heavy atom. The van der Waals surface area contributed by atoms with Crippen LogP contribution in [0.2, 0.25) is 0 Å². The predicted molar refractivity (Wildman–Crippen MR) is 194 cm³/mol. The molecule has 0 aliphatic rings. The molecular weight excluding hydrogens is 558 g/mol. The lowest BCUT2D eigenvalue weighted by molar-refractivity contribution is -0.895. The van der Waals surface area contributed by atoms with Crippen LogP contribution in [0.25, 0.3) is 0 Å². The standard InChI is InChI=1S/C40H80NO4/c1-7-9-11-13-15-17-19-21-23-25-27-29-31-33-39(42)44-37(3)35-41(5,6)36-38(4)45-40(43)34-32-30-28-26-24-22-20-18-16-14-12-10-8-2/h37-38H,7-36H2,1-6H3/q+1. The van der Waals surface area contributed by atoms with E-state index in [1.54, 1.807) is 0 Å². The summed E-state index contributed by atoms with van der Waals surface area (Å²) in [7, 11) is 4.24. The first-order valence-electron chi connectivity index (χ1n) is 19.9. The van der Waals surface area contributed by atoms with Crippen molar-refractivity contribution in [2.24, 2.45) is 0 Å². The molecule has 0 aromatic heterocycles. The van der Waals surface area contributed by atoms with E-state index in [1.807, 2.05) is 13.8 Å². The molecular formula is C40H80NO4+. The van der Waals surface area contributed by atoms with Gasteiger partial charge in [-0.25, -0.2) is 0 Å². The molecule has 268 valence electrons. The summed E-state index contributed by atoms with van der Waals surface area (Å²) in [5, 5.41) is 0. The maximum atomic E-state index is 12.4. The third kappa shape index (κ3) is 32.6. The zero-order valence-corrected chi connectivity index (χ0v) is 31.4. The molecule has 0 aliphatic heterocycles. The molecule has 0 bridgehead atoms. The van der Waals surface area contributed by atoms with Crippen LogP contribution in [-0.4, -0.2) is 55.8 Å². The molecule has 2 unspecified atom stereocenters. The van der Waals surface area contributed by atoms with Crippen LogP contribution in [0.3, 0.4) is 0 Å². The number of carbonyl (C=O) groups excluding carboxylic acids is 2. The first-order chi connectivity index (χ1) is 21.7. The molecule has 5 nitrogen and oxygen atoms in total. The van der Waals surface area contributed by atoms with E-state index < -0.39 is 0 Å². The second-order valence-corrected chi connectivity index (χ2v) is 14.9. The summed E-state index contributed by atoms with van der Waals surface area (Å²) in [4.78, 5) is 24.8. The third-order valence-electron chi connectivity index (χ3n) is 9.14. The van der Waals surface area contributed by atoms with Crippen molar-refractivity contribution >= 4 is 11.9 Å². The van der Waals surface area contributed by atoms with Gasteiger partial charge < -0.3 is 14.0 Å². The van der Waals surface area contributed by atoms with Crippen LogP contribution >= 0.6 is 0 Å². The Hall–Kier alpha value is -1.10. The number of quaternary nitrogens is 1. The van der Waals surface area contributed by atoms with Crippen LogP contribution < -0.4 is 0 Å². The molecule has 0 amide bonds. The number of carbonyl (C=O) groups is 2. The fourth-order valence-corrected chi connectivity index (χ4v) is 6.68. The zero-order valence-electron chi connectivity index (χ0n) is 31.4. The van der Waals surface area contributed by atoms with E-state index in [0.717, 1.165) is 25.7 Å². The summed E-state index contributed by atoms with van der Waals surface area (Å²) >= 11 is 0. The third-order valence-corrected chi connectivity index (χ3v) is 9.14. The van der Waals surface area contributed by atoms with Gasteiger partial charge in [0.1, 0.15) is 25.3 Å². The normalized spacial score (nSPS) is 13.1. The smallest absolute Gasteiger partial charge is 0.306 e. The van der Waals surface area contributed by atoms with Crippen molar-refractivity contribution < 1.29 is 23.5 Å². The maximum absolute atomic E-state index is 12.4. The first kappa shape index (κ1) is 43.9. The quantitative estimate of drug-likeness (QED) is 0.0400. The summed E-state index contributed by atoms with van der Waals surface area (Å²) in [6.45, 7) is 9.93. The van der Waals surface area contributed by atoms with E-state index in [0.29, 0.717) is 30.4 Å². The minimum Gasteiger partial charge on any atom is -0.457 e. The van der Waals surface area contributed by atoms with Gasteiger partial charge in [-0.2, -0.15) is 0 Å². The number of rotatable bonds is 34. The van der Waals surface area contributed by atoms with E-state index in [4.69, 9.17) is 9.47 Å². The summed E-state index contributed by atoms with van der Waals surface area (Å²) < 4.78 is 12.1. The number of nitrogens with zero attached hydrogens (tertiary/aromatic N) is 1. The van der Waals surface area contributed by atoms with Crippen LogP contribution in [-0.2, 0) is 19.1 Å². The summed E-state index contributed by atoms with van der Waals surface area (Å²) in [5.74, 6) is -0.161. The molecule has 45 heavy (non-hydrogen) atoms. The second kappa shape index (κ2) is 31.5.